The van der Waals surface area contributed by atoms with Crippen molar-refractivity contribution in [3.05, 3.63) is 59.7 Å². The molecule has 3 nitrogen and oxygen atoms in total. The molecule has 0 radical (unpaired) electrons. The van der Waals surface area contributed by atoms with Crippen molar-refractivity contribution < 1.29 is 9.53 Å². The normalized spacial score (nSPS) is 12.6. The highest BCUT2D eigenvalue weighted by molar-refractivity contribution is 5.79. The lowest BCUT2D eigenvalue weighted by Gasteiger charge is -2.14. The van der Waals surface area contributed by atoms with E-state index in [1.807, 2.05) is 12.1 Å². The minimum Gasteiger partial charge on any atom is -0.449 e. The lowest BCUT2D eigenvalue weighted by Crippen LogP contribution is -2.26. The second-order valence-corrected chi connectivity index (χ2v) is 5.61. The van der Waals surface area contributed by atoms with Gasteiger partial charge < -0.3 is 10.1 Å². The van der Waals surface area contributed by atoms with E-state index < -0.39 is 0 Å². The van der Waals surface area contributed by atoms with Gasteiger partial charge in [-0.25, -0.2) is 4.79 Å². The lowest BCUT2D eigenvalue weighted by atomic mass is 9.98. The molecule has 0 saturated heterocycles. The number of rotatable bonds is 5. The van der Waals surface area contributed by atoms with Gasteiger partial charge in [0, 0.05) is 12.5 Å². The fourth-order valence-electron chi connectivity index (χ4n) is 3.02. The van der Waals surface area contributed by atoms with Gasteiger partial charge in [-0.15, -0.1) is 0 Å². The molecule has 1 aliphatic rings. The van der Waals surface area contributed by atoms with Crippen molar-refractivity contribution in [1.29, 1.82) is 0 Å². The van der Waals surface area contributed by atoms with Crippen LogP contribution in [0.15, 0.2) is 48.5 Å². The molecule has 1 N–H and O–H groups in total. The fraction of sp³-hybridized carbons (Fsp3) is 0.316. The second-order valence-electron chi connectivity index (χ2n) is 5.61. The number of nitrogens with one attached hydrogen (secondary N) is 1. The first-order valence-corrected chi connectivity index (χ1v) is 7.90. The molecule has 1 aliphatic carbocycles. The van der Waals surface area contributed by atoms with Gasteiger partial charge in [0.25, 0.3) is 0 Å². The van der Waals surface area contributed by atoms with Crippen LogP contribution in [-0.2, 0) is 4.74 Å². The van der Waals surface area contributed by atoms with Crippen molar-refractivity contribution in [3.8, 4) is 11.1 Å². The SMILES string of the molecule is CCCCNC(=O)OCC1c2ccccc2-c2ccccc21. The molecule has 0 saturated carbocycles. The summed E-state index contributed by atoms with van der Waals surface area (Å²) in [5.74, 6) is 0.129. The third-order valence-electron chi connectivity index (χ3n) is 4.14. The molecule has 3 rings (SSSR count). The van der Waals surface area contributed by atoms with E-state index in [1.165, 1.54) is 22.3 Å². The molecule has 22 heavy (non-hydrogen) atoms. The maximum Gasteiger partial charge on any atom is 0.407 e. The van der Waals surface area contributed by atoms with Crippen molar-refractivity contribution in [2.45, 2.75) is 25.7 Å². The van der Waals surface area contributed by atoms with Crippen LogP contribution < -0.4 is 5.32 Å². The van der Waals surface area contributed by atoms with Crippen molar-refractivity contribution in [2.24, 2.45) is 0 Å². The zero-order valence-corrected chi connectivity index (χ0v) is 12.8. The topological polar surface area (TPSA) is 38.3 Å². The number of fused-ring (bicyclic) bond motifs is 3. The summed E-state index contributed by atoms with van der Waals surface area (Å²) >= 11 is 0. The minimum atomic E-state index is -0.324. The zero-order valence-electron chi connectivity index (χ0n) is 12.8. The van der Waals surface area contributed by atoms with E-state index in [9.17, 15) is 4.79 Å². The van der Waals surface area contributed by atoms with Crippen LogP contribution in [0.25, 0.3) is 11.1 Å². The Morgan fingerprint density at radius 1 is 1.05 bits per heavy atom. The van der Waals surface area contributed by atoms with Crippen LogP contribution in [0.1, 0.15) is 36.8 Å². The molecule has 2 aromatic rings. The van der Waals surface area contributed by atoms with Crippen molar-refractivity contribution in [1.82, 2.24) is 5.32 Å². The van der Waals surface area contributed by atoms with E-state index >= 15 is 0 Å². The average molecular weight is 295 g/mol. The Hall–Kier alpha value is -2.29. The Morgan fingerprint density at radius 2 is 1.64 bits per heavy atom. The highest BCUT2D eigenvalue weighted by Gasteiger charge is 2.28. The van der Waals surface area contributed by atoms with E-state index in [0.717, 1.165) is 12.8 Å². The van der Waals surface area contributed by atoms with E-state index in [4.69, 9.17) is 4.74 Å². The quantitative estimate of drug-likeness (QED) is 0.834. The third kappa shape index (κ3) is 2.84. The summed E-state index contributed by atoms with van der Waals surface area (Å²) in [7, 11) is 0. The molecule has 3 heteroatoms. The molecule has 0 spiro atoms. The summed E-state index contributed by atoms with van der Waals surface area (Å²) in [6, 6.07) is 16.7. The van der Waals surface area contributed by atoms with Gasteiger partial charge in [-0.05, 0) is 28.7 Å². The molecule has 114 valence electrons. The number of carbonyl (C=O) groups is 1. The van der Waals surface area contributed by atoms with Gasteiger partial charge in [0.05, 0.1) is 0 Å². The number of amides is 1. The highest BCUT2D eigenvalue weighted by Crippen LogP contribution is 2.44. The smallest absolute Gasteiger partial charge is 0.407 e. The van der Waals surface area contributed by atoms with Crippen LogP contribution in [0.3, 0.4) is 0 Å². The molecule has 2 aromatic carbocycles. The monoisotopic (exact) mass is 295 g/mol. The largest absolute Gasteiger partial charge is 0.449 e. The highest BCUT2D eigenvalue weighted by atomic mass is 16.5. The summed E-state index contributed by atoms with van der Waals surface area (Å²) < 4.78 is 5.44. The number of alkyl carbamates (subject to hydrolysis) is 1. The number of carbonyl (C=O) groups excluding carboxylic acids is 1. The Morgan fingerprint density at radius 3 is 2.23 bits per heavy atom. The van der Waals surface area contributed by atoms with Crippen LogP contribution in [0.4, 0.5) is 4.79 Å². The van der Waals surface area contributed by atoms with Crippen LogP contribution in [0.2, 0.25) is 0 Å². The van der Waals surface area contributed by atoms with Crippen LogP contribution >= 0.6 is 0 Å². The number of benzene rings is 2. The molecule has 1 amide bonds. The summed E-state index contributed by atoms with van der Waals surface area (Å²) in [4.78, 5) is 11.8. The summed E-state index contributed by atoms with van der Waals surface area (Å²) in [6.07, 6.45) is 1.71. The lowest BCUT2D eigenvalue weighted by molar-refractivity contribution is 0.143. The maximum atomic E-state index is 11.8. The van der Waals surface area contributed by atoms with Gasteiger partial charge >= 0.3 is 6.09 Å². The maximum absolute atomic E-state index is 11.8. The summed E-state index contributed by atoms with van der Waals surface area (Å²) in [5, 5.41) is 2.79. The van der Waals surface area contributed by atoms with E-state index in [-0.39, 0.29) is 12.0 Å². The van der Waals surface area contributed by atoms with Gasteiger partial charge in [-0.1, -0.05) is 61.9 Å². The Kier molecular flexibility index (Phi) is 4.42. The molecular weight excluding hydrogens is 274 g/mol. The summed E-state index contributed by atoms with van der Waals surface area (Å²) in [6.45, 7) is 3.15. The second kappa shape index (κ2) is 6.65. The van der Waals surface area contributed by atoms with E-state index in [2.05, 4.69) is 48.6 Å². The number of ether oxygens (including phenoxy) is 1. The minimum absolute atomic E-state index is 0.129. The van der Waals surface area contributed by atoms with Crippen molar-refractivity contribution in [3.63, 3.8) is 0 Å². The standard InChI is InChI=1S/C19H21NO2/c1-2-3-12-20-19(21)22-13-18-16-10-6-4-8-14(16)15-9-5-7-11-17(15)18/h4-11,18H,2-3,12-13H2,1H3,(H,20,21). The Balaban J connectivity index is 1.73. The van der Waals surface area contributed by atoms with Crippen molar-refractivity contribution in [2.75, 3.05) is 13.2 Å². The Bertz CT molecular complexity index is 620. The van der Waals surface area contributed by atoms with Gasteiger partial charge in [0.15, 0.2) is 0 Å². The van der Waals surface area contributed by atoms with Crippen LogP contribution in [0.5, 0.6) is 0 Å². The van der Waals surface area contributed by atoms with Crippen LogP contribution in [0, 0.1) is 0 Å². The number of hydrogen-bond acceptors (Lipinski definition) is 2. The molecule has 0 unspecified atom stereocenters. The number of hydrogen-bond donors (Lipinski definition) is 1. The van der Waals surface area contributed by atoms with E-state index in [0.29, 0.717) is 13.2 Å². The first kappa shape index (κ1) is 14.6. The van der Waals surface area contributed by atoms with E-state index in [1.54, 1.807) is 0 Å². The first-order chi connectivity index (χ1) is 10.8. The van der Waals surface area contributed by atoms with Gasteiger partial charge in [-0.2, -0.15) is 0 Å². The van der Waals surface area contributed by atoms with Gasteiger partial charge in [0.2, 0.25) is 0 Å². The van der Waals surface area contributed by atoms with Crippen molar-refractivity contribution >= 4 is 6.09 Å². The van der Waals surface area contributed by atoms with Gasteiger partial charge in [-0.3, -0.25) is 0 Å². The zero-order chi connectivity index (χ0) is 15.4. The molecule has 0 aliphatic heterocycles. The molecule has 0 heterocycles. The van der Waals surface area contributed by atoms with Gasteiger partial charge in [0.1, 0.15) is 6.61 Å². The molecule has 0 aromatic heterocycles. The first-order valence-electron chi connectivity index (χ1n) is 7.90. The predicted molar refractivity (Wildman–Crippen MR) is 88.0 cm³/mol. The average Bonchev–Trinajstić information content (AvgIpc) is 2.87. The van der Waals surface area contributed by atoms with Crippen LogP contribution in [-0.4, -0.2) is 19.2 Å². The predicted octanol–water partition coefficient (Wildman–Crippen LogP) is 4.33. The molecular formula is C19H21NO2. The molecule has 0 fully saturated rings. The Labute approximate surface area is 131 Å². The fourth-order valence-corrected chi connectivity index (χ4v) is 3.02. The summed E-state index contributed by atoms with van der Waals surface area (Å²) in [5.41, 5.74) is 4.98. The molecule has 0 bridgehead atoms. The third-order valence-corrected chi connectivity index (χ3v) is 4.14. The number of unbranched alkanes of at least 4 members (excludes halogenated alkanes) is 1. The molecule has 0 atom stereocenters.